The Balaban J connectivity index is 1.89. The highest BCUT2D eigenvalue weighted by molar-refractivity contribution is 5.88. The summed E-state index contributed by atoms with van der Waals surface area (Å²) in [6.07, 6.45) is 1.41. The standard InChI is InChI=1S/C29H34N2O3/c1-4-30-29(33)27(20-24-9-6-5-7-10-24)31(21-25-11-8-12-26(19-25)34-3)28(32)18-17-23-15-13-22(2)14-16-23/h5-16,19,27H,4,17-18,20-21H2,1-3H3,(H,30,33)/t27-/m1/s1. The number of rotatable bonds is 11. The quantitative estimate of drug-likeness (QED) is 0.453. The zero-order valence-electron chi connectivity index (χ0n) is 20.3. The van der Waals surface area contributed by atoms with Crippen molar-refractivity contribution in [2.24, 2.45) is 0 Å². The van der Waals surface area contributed by atoms with Crippen LogP contribution in [0.5, 0.6) is 5.75 Å². The van der Waals surface area contributed by atoms with E-state index in [1.807, 2.05) is 68.4 Å². The molecule has 1 atom stereocenters. The van der Waals surface area contributed by atoms with Gasteiger partial charge in [0, 0.05) is 25.9 Å². The number of nitrogens with one attached hydrogen (secondary N) is 1. The van der Waals surface area contributed by atoms with Gasteiger partial charge in [0.25, 0.3) is 0 Å². The molecule has 0 aliphatic carbocycles. The number of amides is 2. The molecule has 0 unspecified atom stereocenters. The van der Waals surface area contributed by atoms with Crippen molar-refractivity contribution in [2.75, 3.05) is 13.7 Å². The van der Waals surface area contributed by atoms with Crippen LogP contribution in [0.3, 0.4) is 0 Å². The molecule has 0 saturated heterocycles. The van der Waals surface area contributed by atoms with Gasteiger partial charge in [-0.3, -0.25) is 9.59 Å². The molecule has 5 nitrogen and oxygen atoms in total. The maximum Gasteiger partial charge on any atom is 0.243 e. The Morgan fingerprint density at radius 2 is 1.62 bits per heavy atom. The van der Waals surface area contributed by atoms with Crippen LogP contribution in [0.15, 0.2) is 78.9 Å². The molecular weight excluding hydrogens is 424 g/mol. The molecule has 3 aromatic rings. The molecule has 0 fully saturated rings. The molecule has 1 N–H and O–H groups in total. The Morgan fingerprint density at radius 1 is 0.912 bits per heavy atom. The molecule has 0 heterocycles. The average molecular weight is 459 g/mol. The van der Waals surface area contributed by atoms with Crippen molar-refractivity contribution in [3.8, 4) is 5.75 Å². The fourth-order valence-corrected chi connectivity index (χ4v) is 3.96. The van der Waals surface area contributed by atoms with E-state index in [1.54, 1.807) is 12.0 Å². The fraction of sp³-hybridized carbons (Fsp3) is 0.310. The van der Waals surface area contributed by atoms with E-state index in [0.29, 0.717) is 32.4 Å². The van der Waals surface area contributed by atoms with Gasteiger partial charge in [0.15, 0.2) is 0 Å². The summed E-state index contributed by atoms with van der Waals surface area (Å²) >= 11 is 0. The molecule has 3 rings (SSSR count). The maximum absolute atomic E-state index is 13.6. The summed E-state index contributed by atoms with van der Waals surface area (Å²) < 4.78 is 5.37. The second-order valence-electron chi connectivity index (χ2n) is 8.46. The number of hydrogen-bond donors (Lipinski definition) is 1. The van der Waals surface area contributed by atoms with Crippen LogP contribution in [0.1, 0.15) is 35.6 Å². The zero-order chi connectivity index (χ0) is 24.3. The van der Waals surface area contributed by atoms with E-state index in [4.69, 9.17) is 4.74 Å². The van der Waals surface area contributed by atoms with Crippen molar-refractivity contribution in [2.45, 2.75) is 45.7 Å². The summed E-state index contributed by atoms with van der Waals surface area (Å²) in [4.78, 5) is 28.5. The van der Waals surface area contributed by atoms with Crippen molar-refractivity contribution >= 4 is 11.8 Å². The number of ether oxygens (including phenoxy) is 1. The van der Waals surface area contributed by atoms with E-state index in [9.17, 15) is 9.59 Å². The van der Waals surface area contributed by atoms with Crippen molar-refractivity contribution in [1.29, 1.82) is 0 Å². The van der Waals surface area contributed by atoms with Crippen LogP contribution in [-0.2, 0) is 29.0 Å². The molecule has 0 aliphatic heterocycles. The molecular formula is C29H34N2O3. The highest BCUT2D eigenvalue weighted by atomic mass is 16.5. The van der Waals surface area contributed by atoms with E-state index in [-0.39, 0.29) is 11.8 Å². The summed E-state index contributed by atoms with van der Waals surface area (Å²) in [6.45, 7) is 4.78. The van der Waals surface area contributed by atoms with Gasteiger partial charge in [0.1, 0.15) is 11.8 Å². The number of likely N-dealkylation sites (N-methyl/N-ethyl adjacent to an activating group) is 1. The summed E-state index contributed by atoms with van der Waals surface area (Å²) in [5.41, 5.74) is 4.23. The number of nitrogens with zero attached hydrogens (tertiary/aromatic N) is 1. The average Bonchev–Trinajstić information content (AvgIpc) is 2.86. The molecule has 3 aromatic carbocycles. The number of aryl methyl sites for hydroxylation is 2. The van der Waals surface area contributed by atoms with Gasteiger partial charge in [-0.25, -0.2) is 0 Å². The third-order valence-electron chi connectivity index (χ3n) is 5.86. The Labute approximate surface area is 202 Å². The summed E-state index contributed by atoms with van der Waals surface area (Å²) in [6, 6.07) is 25.1. The molecule has 0 saturated carbocycles. The van der Waals surface area contributed by atoms with E-state index in [1.165, 1.54) is 5.56 Å². The highest BCUT2D eigenvalue weighted by Crippen LogP contribution is 2.20. The third kappa shape index (κ3) is 7.20. The lowest BCUT2D eigenvalue weighted by Gasteiger charge is -2.31. The second-order valence-corrected chi connectivity index (χ2v) is 8.46. The van der Waals surface area contributed by atoms with Gasteiger partial charge in [-0.2, -0.15) is 0 Å². The van der Waals surface area contributed by atoms with Crippen molar-refractivity contribution in [1.82, 2.24) is 10.2 Å². The van der Waals surface area contributed by atoms with Crippen LogP contribution in [0.25, 0.3) is 0 Å². The molecule has 5 heteroatoms. The first-order chi connectivity index (χ1) is 16.5. The smallest absolute Gasteiger partial charge is 0.243 e. The van der Waals surface area contributed by atoms with Crippen molar-refractivity contribution in [3.05, 3.63) is 101 Å². The Hall–Kier alpha value is -3.60. The Bertz CT molecular complexity index is 1060. The van der Waals surface area contributed by atoms with Gasteiger partial charge in [0.05, 0.1) is 7.11 Å². The third-order valence-corrected chi connectivity index (χ3v) is 5.86. The SMILES string of the molecule is CCNC(=O)[C@@H](Cc1ccccc1)N(Cc1cccc(OC)c1)C(=O)CCc1ccc(C)cc1. The van der Waals surface area contributed by atoms with Gasteiger partial charge in [0.2, 0.25) is 11.8 Å². The maximum atomic E-state index is 13.6. The molecule has 0 aromatic heterocycles. The highest BCUT2D eigenvalue weighted by Gasteiger charge is 2.30. The molecule has 34 heavy (non-hydrogen) atoms. The molecule has 0 bridgehead atoms. The lowest BCUT2D eigenvalue weighted by atomic mass is 10.0. The number of benzene rings is 3. The summed E-state index contributed by atoms with van der Waals surface area (Å²) in [5, 5.41) is 2.93. The van der Waals surface area contributed by atoms with Crippen LogP contribution in [0.4, 0.5) is 0 Å². The van der Waals surface area contributed by atoms with Gasteiger partial charge < -0.3 is 15.0 Å². The minimum Gasteiger partial charge on any atom is -0.497 e. The van der Waals surface area contributed by atoms with Crippen LogP contribution >= 0.6 is 0 Å². The van der Waals surface area contributed by atoms with E-state index < -0.39 is 6.04 Å². The normalized spacial score (nSPS) is 11.5. The first-order valence-electron chi connectivity index (χ1n) is 11.8. The van der Waals surface area contributed by atoms with Crippen LogP contribution < -0.4 is 10.1 Å². The van der Waals surface area contributed by atoms with Crippen molar-refractivity contribution in [3.63, 3.8) is 0 Å². The van der Waals surface area contributed by atoms with Crippen LogP contribution in [-0.4, -0.2) is 36.4 Å². The largest absolute Gasteiger partial charge is 0.497 e. The Kier molecular flexibility index (Phi) is 9.27. The summed E-state index contributed by atoms with van der Waals surface area (Å²) in [7, 11) is 1.62. The lowest BCUT2D eigenvalue weighted by molar-refractivity contribution is -0.141. The predicted octanol–water partition coefficient (Wildman–Crippen LogP) is 4.71. The topological polar surface area (TPSA) is 58.6 Å². The van der Waals surface area contributed by atoms with Crippen molar-refractivity contribution < 1.29 is 14.3 Å². The Morgan fingerprint density at radius 3 is 2.29 bits per heavy atom. The second kappa shape index (κ2) is 12.6. The number of carbonyl (C=O) groups excluding carboxylic acids is 2. The molecule has 0 aliphatic rings. The number of methoxy groups -OCH3 is 1. The summed E-state index contributed by atoms with van der Waals surface area (Å²) in [5.74, 6) is 0.538. The minimum atomic E-state index is -0.612. The van der Waals surface area contributed by atoms with E-state index >= 15 is 0 Å². The van der Waals surface area contributed by atoms with Gasteiger partial charge in [-0.05, 0) is 49.1 Å². The molecule has 0 radical (unpaired) electrons. The lowest BCUT2D eigenvalue weighted by Crippen LogP contribution is -2.50. The predicted molar refractivity (Wildman–Crippen MR) is 136 cm³/mol. The van der Waals surface area contributed by atoms with Gasteiger partial charge >= 0.3 is 0 Å². The first-order valence-corrected chi connectivity index (χ1v) is 11.8. The number of carbonyl (C=O) groups is 2. The van der Waals surface area contributed by atoms with Gasteiger partial charge in [-0.15, -0.1) is 0 Å². The first kappa shape index (κ1) is 25.0. The van der Waals surface area contributed by atoms with Crippen LogP contribution in [0, 0.1) is 6.92 Å². The van der Waals surface area contributed by atoms with Gasteiger partial charge in [-0.1, -0.05) is 72.3 Å². The number of hydrogen-bond acceptors (Lipinski definition) is 3. The van der Waals surface area contributed by atoms with E-state index in [0.717, 1.165) is 22.4 Å². The minimum absolute atomic E-state index is 0.0458. The molecule has 178 valence electrons. The monoisotopic (exact) mass is 458 g/mol. The van der Waals surface area contributed by atoms with E-state index in [2.05, 4.69) is 29.6 Å². The fourth-order valence-electron chi connectivity index (χ4n) is 3.96. The molecule has 2 amide bonds. The zero-order valence-corrected chi connectivity index (χ0v) is 20.3. The molecule has 0 spiro atoms. The van der Waals surface area contributed by atoms with Crippen LogP contribution in [0.2, 0.25) is 0 Å².